The summed E-state index contributed by atoms with van der Waals surface area (Å²) in [6.07, 6.45) is -2.26. The lowest BCUT2D eigenvalue weighted by Crippen LogP contribution is -2.36. The molecule has 0 bridgehead atoms. The first-order valence-corrected chi connectivity index (χ1v) is 9.28. The number of aryl methyl sites for hydroxylation is 1. The lowest BCUT2D eigenvalue weighted by molar-refractivity contribution is -0.274. The van der Waals surface area contributed by atoms with E-state index in [2.05, 4.69) is 15.0 Å². The molecule has 0 spiro atoms. The maximum atomic E-state index is 12.8. The third-order valence-electron chi connectivity index (χ3n) is 5.34. The van der Waals surface area contributed by atoms with Gasteiger partial charge in [-0.1, -0.05) is 12.1 Å². The summed E-state index contributed by atoms with van der Waals surface area (Å²) >= 11 is 0. The molecule has 30 heavy (non-hydrogen) atoms. The molecular weight excluding hydrogens is 425 g/mol. The first-order valence-electron chi connectivity index (χ1n) is 9.28. The van der Waals surface area contributed by atoms with Crippen molar-refractivity contribution in [2.24, 2.45) is 24.8 Å². The van der Waals surface area contributed by atoms with Crippen LogP contribution >= 0.6 is 12.4 Å². The molecule has 1 saturated carbocycles. The third kappa shape index (κ3) is 5.37. The Morgan fingerprint density at radius 1 is 1.33 bits per heavy atom. The van der Waals surface area contributed by atoms with E-state index in [1.807, 2.05) is 0 Å². The smallest absolute Gasteiger partial charge is 0.406 e. The number of benzene rings is 1. The highest BCUT2D eigenvalue weighted by molar-refractivity contribution is 5.85. The van der Waals surface area contributed by atoms with Crippen molar-refractivity contribution in [1.29, 1.82) is 0 Å². The zero-order valence-electron chi connectivity index (χ0n) is 16.1. The summed E-state index contributed by atoms with van der Waals surface area (Å²) in [5.41, 5.74) is 0.522. The van der Waals surface area contributed by atoms with Crippen molar-refractivity contribution in [3.63, 3.8) is 0 Å². The number of fused-ring (bicyclic) bond motifs is 1. The lowest BCUT2D eigenvalue weighted by atomic mass is 10.2. The van der Waals surface area contributed by atoms with Gasteiger partial charge in [-0.15, -0.1) is 25.6 Å². The van der Waals surface area contributed by atoms with Gasteiger partial charge in [-0.05, 0) is 48.5 Å². The van der Waals surface area contributed by atoms with Crippen molar-refractivity contribution < 1.29 is 27.4 Å². The van der Waals surface area contributed by atoms with Crippen LogP contribution in [0, 0.1) is 17.8 Å². The molecule has 11 heteroatoms. The van der Waals surface area contributed by atoms with Crippen molar-refractivity contribution >= 4 is 18.5 Å². The average molecular weight is 447 g/mol. The van der Waals surface area contributed by atoms with Crippen LogP contribution in [-0.2, 0) is 13.6 Å². The van der Waals surface area contributed by atoms with Crippen molar-refractivity contribution in [3.05, 3.63) is 42.4 Å². The molecule has 0 radical (unpaired) electrons. The van der Waals surface area contributed by atoms with E-state index in [9.17, 15) is 18.0 Å². The molecule has 1 N–H and O–H groups in total. The standard InChI is InChI=1S/C19H21F3N4O3.ClH/c1-25-10-17(24-11-25)28-18(27)26(9-16-14-6-23-7-15(14)16)8-12-3-2-4-13(5-12)29-19(20,21)22;/h2-5,10-11,14-16,23H,6-9H2,1H3;1H. The Morgan fingerprint density at radius 2 is 2.07 bits per heavy atom. The molecule has 1 aromatic heterocycles. The van der Waals surface area contributed by atoms with Crippen LogP contribution in [0.3, 0.4) is 0 Å². The van der Waals surface area contributed by atoms with E-state index in [4.69, 9.17) is 4.74 Å². The lowest BCUT2D eigenvalue weighted by Gasteiger charge is -2.23. The highest BCUT2D eigenvalue weighted by atomic mass is 35.5. The molecule has 2 aliphatic rings. The molecule has 2 heterocycles. The summed E-state index contributed by atoms with van der Waals surface area (Å²) in [6, 6.07) is 5.63. The Balaban J connectivity index is 0.00000256. The Bertz CT molecular complexity index is 882. The number of carbonyl (C=O) groups excluding carboxylic acids is 1. The molecule has 7 nitrogen and oxygen atoms in total. The predicted octanol–water partition coefficient (Wildman–Crippen LogP) is 3.21. The molecule has 4 rings (SSSR count). The van der Waals surface area contributed by atoms with Gasteiger partial charge in [-0.2, -0.15) is 0 Å². The zero-order valence-corrected chi connectivity index (χ0v) is 16.9. The number of halogens is 4. The van der Waals surface area contributed by atoms with Gasteiger partial charge in [0.05, 0.1) is 12.5 Å². The largest absolute Gasteiger partial charge is 0.573 e. The normalized spacial score (nSPS) is 22.1. The number of nitrogens with zero attached hydrogens (tertiary/aromatic N) is 3. The van der Waals surface area contributed by atoms with E-state index in [0.717, 1.165) is 13.1 Å². The van der Waals surface area contributed by atoms with E-state index in [-0.39, 0.29) is 30.6 Å². The van der Waals surface area contributed by atoms with Crippen molar-refractivity contribution in [2.45, 2.75) is 12.9 Å². The number of amides is 1. The van der Waals surface area contributed by atoms with Gasteiger partial charge in [0.25, 0.3) is 0 Å². The number of rotatable bonds is 6. The molecule has 2 unspecified atom stereocenters. The molecule has 1 aromatic carbocycles. The summed E-state index contributed by atoms with van der Waals surface area (Å²) in [5, 5.41) is 3.31. The van der Waals surface area contributed by atoms with E-state index >= 15 is 0 Å². The number of carbonyl (C=O) groups is 1. The number of imidazole rings is 1. The van der Waals surface area contributed by atoms with Crippen molar-refractivity contribution in [3.8, 4) is 11.6 Å². The number of aromatic nitrogens is 2. The van der Waals surface area contributed by atoms with E-state index < -0.39 is 12.5 Å². The van der Waals surface area contributed by atoms with Gasteiger partial charge in [0.1, 0.15) is 5.75 Å². The Hall–Kier alpha value is -2.46. The van der Waals surface area contributed by atoms with Gasteiger partial charge < -0.3 is 24.3 Å². The monoisotopic (exact) mass is 446 g/mol. The quantitative estimate of drug-likeness (QED) is 0.738. The molecular formula is C19H22ClF3N4O3. The maximum Gasteiger partial charge on any atom is 0.573 e. The second kappa shape index (κ2) is 8.73. The van der Waals surface area contributed by atoms with Crippen LogP contribution in [0.1, 0.15) is 5.56 Å². The summed E-state index contributed by atoms with van der Waals surface area (Å²) in [4.78, 5) is 18.3. The number of ether oxygens (including phenoxy) is 2. The number of hydrogen-bond donors (Lipinski definition) is 1. The second-order valence-corrected chi connectivity index (χ2v) is 7.47. The van der Waals surface area contributed by atoms with Gasteiger partial charge in [0.2, 0.25) is 5.88 Å². The molecule has 1 amide bonds. The highest BCUT2D eigenvalue weighted by Gasteiger charge is 2.53. The second-order valence-electron chi connectivity index (χ2n) is 7.47. The van der Waals surface area contributed by atoms with Gasteiger partial charge in [-0.25, -0.2) is 9.78 Å². The fraction of sp³-hybridized carbons (Fsp3) is 0.474. The van der Waals surface area contributed by atoms with Gasteiger partial charge >= 0.3 is 12.5 Å². The van der Waals surface area contributed by atoms with Crippen LogP contribution < -0.4 is 14.8 Å². The van der Waals surface area contributed by atoms with Gasteiger partial charge in [-0.3, -0.25) is 0 Å². The Labute approximate surface area is 177 Å². The van der Waals surface area contributed by atoms with E-state index in [1.54, 1.807) is 23.9 Å². The van der Waals surface area contributed by atoms with Crippen LogP contribution in [0.2, 0.25) is 0 Å². The maximum absolute atomic E-state index is 12.8. The average Bonchev–Trinajstić information content (AvgIpc) is 2.99. The van der Waals surface area contributed by atoms with Crippen LogP contribution in [0.4, 0.5) is 18.0 Å². The topological polar surface area (TPSA) is 68.6 Å². The molecule has 1 saturated heterocycles. The third-order valence-corrected chi connectivity index (χ3v) is 5.34. The number of alkyl halides is 3. The molecule has 2 aromatic rings. The molecule has 1 aliphatic heterocycles. The van der Waals surface area contributed by atoms with E-state index in [1.165, 1.54) is 29.4 Å². The Morgan fingerprint density at radius 3 is 2.70 bits per heavy atom. The fourth-order valence-corrected chi connectivity index (χ4v) is 3.93. The van der Waals surface area contributed by atoms with Gasteiger partial charge in [0.15, 0.2) is 0 Å². The van der Waals surface area contributed by atoms with Crippen molar-refractivity contribution in [1.82, 2.24) is 19.8 Å². The summed E-state index contributed by atoms with van der Waals surface area (Å²) in [7, 11) is 1.76. The minimum atomic E-state index is -4.77. The van der Waals surface area contributed by atoms with Crippen molar-refractivity contribution in [2.75, 3.05) is 19.6 Å². The molecule has 2 atom stereocenters. The van der Waals surface area contributed by atoms with E-state index in [0.29, 0.717) is 29.9 Å². The molecule has 164 valence electrons. The first-order chi connectivity index (χ1) is 13.8. The SMILES string of the molecule is Cl.Cn1cnc(OC(=O)N(Cc2cccc(OC(F)(F)F)c2)CC2C3CNCC32)c1. The zero-order chi connectivity index (χ0) is 20.6. The molecule has 2 fully saturated rings. The summed E-state index contributed by atoms with van der Waals surface area (Å²) < 4.78 is 48.5. The van der Waals surface area contributed by atoms with Crippen LogP contribution in [0.5, 0.6) is 11.6 Å². The van der Waals surface area contributed by atoms with Gasteiger partial charge in [0, 0.05) is 20.1 Å². The predicted molar refractivity (Wildman–Crippen MR) is 103 cm³/mol. The minimum absolute atomic E-state index is 0. The molecule has 1 aliphatic carbocycles. The fourth-order valence-electron chi connectivity index (χ4n) is 3.93. The van der Waals surface area contributed by atoms with Crippen LogP contribution in [-0.4, -0.2) is 46.5 Å². The van der Waals surface area contributed by atoms with Crippen LogP contribution in [0.15, 0.2) is 36.8 Å². The highest BCUT2D eigenvalue weighted by Crippen LogP contribution is 2.49. The minimum Gasteiger partial charge on any atom is -0.406 e. The number of piperidine rings is 1. The Kier molecular flexibility index (Phi) is 6.47. The summed E-state index contributed by atoms with van der Waals surface area (Å²) in [6.45, 7) is 2.44. The first kappa shape index (κ1) is 22.2. The number of nitrogens with one attached hydrogen (secondary N) is 1. The summed E-state index contributed by atoms with van der Waals surface area (Å²) in [5.74, 6) is 1.28. The van der Waals surface area contributed by atoms with Crippen LogP contribution in [0.25, 0.3) is 0 Å². The number of hydrogen-bond acceptors (Lipinski definition) is 5.